The highest BCUT2D eigenvalue weighted by Gasteiger charge is 2.15. The summed E-state index contributed by atoms with van der Waals surface area (Å²) in [5.74, 6) is 1.34. The second kappa shape index (κ2) is 7.91. The Bertz CT molecular complexity index is 426. The van der Waals surface area contributed by atoms with Gasteiger partial charge in [0.2, 0.25) is 0 Å². The maximum atomic E-state index is 5.62. The molecule has 106 valence electrons. The number of thiocarbonyl (C=S) groups is 1. The van der Waals surface area contributed by atoms with E-state index < -0.39 is 0 Å². The highest BCUT2D eigenvalue weighted by molar-refractivity contribution is 7.80. The van der Waals surface area contributed by atoms with E-state index in [-0.39, 0.29) is 0 Å². The molecule has 1 rings (SSSR count). The molecule has 0 saturated carbocycles. The van der Waals surface area contributed by atoms with E-state index in [9.17, 15) is 0 Å². The lowest BCUT2D eigenvalue weighted by molar-refractivity contribution is 0.287. The van der Waals surface area contributed by atoms with Gasteiger partial charge in [-0.3, -0.25) is 9.88 Å². The van der Waals surface area contributed by atoms with Gasteiger partial charge in [0.05, 0.1) is 19.2 Å². The number of nitrogens with zero attached hydrogens (tertiary/aromatic N) is 2. The normalized spacial score (nSPS) is 10.5. The number of nitrogens with two attached hydrogens (primary N) is 1. The fourth-order valence-electron chi connectivity index (χ4n) is 1.93. The predicted molar refractivity (Wildman–Crippen MR) is 79.7 cm³/mol. The van der Waals surface area contributed by atoms with Gasteiger partial charge in [-0.05, 0) is 13.0 Å². The van der Waals surface area contributed by atoms with E-state index in [1.807, 2.05) is 0 Å². The van der Waals surface area contributed by atoms with Crippen LogP contribution in [0.15, 0.2) is 12.3 Å². The van der Waals surface area contributed by atoms with Gasteiger partial charge in [-0.25, -0.2) is 0 Å². The van der Waals surface area contributed by atoms with Crippen molar-refractivity contribution >= 4 is 17.2 Å². The van der Waals surface area contributed by atoms with Crippen molar-refractivity contribution in [3.63, 3.8) is 0 Å². The van der Waals surface area contributed by atoms with Crippen LogP contribution in [0.5, 0.6) is 11.5 Å². The lowest BCUT2D eigenvalue weighted by Gasteiger charge is -2.22. The van der Waals surface area contributed by atoms with E-state index in [0.717, 1.165) is 18.7 Å². The van der Waals surface area contributed by atoms with Crippen LogP contribution >= 0.6 is 12.2 Å². The number of rotatable bonds is 8. The quantitative estimate of drug-likeness (QED) is 0.731. The Kier molecular flexibility index (Phi) is 6.52. The minimum Gasteiger partial charge on any atom is -0.493 e. The summed E-state index contributed by atoms with van der Waals surface area (Å²) in [4.78, 5) is 6.98. The molecule has 0 aliphatic carbocycles. The van der Waals surface area contributed by atoms with Crippen LogP contribution in [0.25, 0.3) is 0 Å². The first-order valence-electron chi connectivity index (χ1n) is 6.18. The van der Waals surface area contributed by atoms with Crippen molar-refractivity contribution in [3.05, 3.63) is 18.0 Å². The van der Waals surface area contributed by atoms with Crippen molar-refractivity contribution < 1.29 is 9.47 Å². The van der Waals surface area contributed by atoms with Gasteiger partial charge >= 0.3 is 0 Å². The Balaban J connectivity index is 2.91. The third kappa shape index (κ3) is 4.65. The first-order valence-corrected chi connectivity index (χ1v) is 6.59. The summed E-state index contributed by atoms with van der Waals surface area (Å²) in [7, 11) is 3.22. The zero-order chi connectivity index (χ0) is 14.3. The van der Waals surface area contributed by atoms with Crippen molar-refractivity contribution in [1.82, 2.24) is 9.88 Å². The topological polar surface area (TPSA) is 60.6 Å². The highest BCUT2D eigenvalue weighted by Crippen LogP contribution is 2.29. The van der Waals surface area contributed by atoms with E-state index in [1.165, 1.54) is 0 Å². The molecule has 1 heterocycles. The second-order valence-corrected chi connectivity index (χ2v) is 4.69. The first kappa shape index (κ1) is 15.7. The highest BCUT2D eigenvalue weighted by atomic mass is 32.1. The second-order valence-electron chi connectivity index (χ2n) is 4.17. The van der Waals surface area contributed by atoms with Gasteiger partial charge in [-0.2, -0.15) is 0 Å². The minimum absolute atomic E-state index is 0.482. The van der Waals surface area contributed by atoms with Crippen LogP contribution in [-0.4, -0.2) is 42.2 Å². The maximum absolute atomic E-state index is 5.62. The molecule has 0 unspecified atom stereocenters. The molecule has 5 nitrogen and oxygen atoms in total. The van der Waals surface area contributed by atoms with Crippen molar-refractivity contribution in [2.45, 2.75) is 19.9 Å². The summed E-state index contributed by atoms with van der Waals surface area (Å²) in [6.45, 7) is 4.22. The van der Waals surface area contributed by atoms with E-state index in [4.69, 9.17) is 27.4 Å². The Labute approximate surface area is 119 Å². The van der Waals surface area contributed by atoms with Crippen LogP contribution in [0.1, 0.15) is 19.0 Å². The van der Waals surface area contributed by atoms with Gasteiger partial charge in [-0.1, -0.05) is 19.1 Å². The molecular formula is C13H21N3O2S. The third-order valence-corrected chi connectivity index (χ3v) is 2.79. The van der Waals surface area contributed by atoms with Gasteiger partial charge in [0, 0.05) is 25.4 Å². The fourth-order valence-corrected chi connectivity index (χ4v) is 2.11. The summed E-state index contributed by atoms with van der Waals surface area (Å²) in [5.41, 5.74) is 6.44. The number of aromatic nitrogens is 1. The summed E-state index contributed by atoms with van der Waals surface area (Å²) in [6, 6.07) is 1.78. The van der Waals surface area contributed by atoms with Crippen LogP contribution in [0.4, 0.5) is 0 Å². The molecule has 0 amide bonds. The Morgan fingerprint density at radius 2 is 2.16 bits per heavy atom. The molecule has 0 spiro atoms. The Hall–Kier alpha value is -1.40. The summed E-state index contributed by atoms with van der Waals surface area (Å²) >= 11 is 4.97. The maximum Gasteiger partial charge on any atom is 0.183 e. The molecule has 0 aliphatic rings. The van der Waals surface area contributed by atoms with Gasteiger partial charge < -0.3 is 15.2 Å². The van der Waals surface area contributed by atoms with Crippen molar-refractivity contribution in [2.75, 3.05) is 27.3 Å². The molecule has 0 saturated heterocycles. The average molecular weight is 283 g/mol. The van der Waals surface area contributed by atoms with Crippen LogP contribution < -0.4 is 15.2 Å². The molecule has 19 heavy (non-hydrogen) atoms. The number of methoxy groups -OCH3 is 2. The molecule has 1 aromatic rings. The minimum atomic E-state index is 0.482. The molecule has 1 aromatic heterocycles. The van der Waals surface area contributed by atoms with Crippen molar-refractivity contribution in [2.24, 2.45) is 5.73 Å². The summed E-state index contributed by atoms with van der Waals surface area (Å²) < 4.78 is 10.6. The molecular weight excluding hydrogens is 262 g/mol. The SMILES string of the molecule is CCCN(CC(N)=S)Cc1nccc(OC)c1OC. The standard InChI is InChI=1S/C13H21N3O2S/c1-4-7-16(9-12(14)19)8-10-13(18-3)11(17-2)5-6-15-10/h5-6H,4,7-9H2,1-3H3,(H2,14,19). The molecule has 0 radical (unpaired) electrons. The van der Waals surface area contributed by atoms with Crippen LogP contribution in [0, 0.1) is 0 Å². The zero-order valence-corrected chi connectivity index (χ0v) is 12.5. The lowest BCUT2D eigenvalue weighted by Crippen LogP contribution is -2.33. The molecule has 0 fully saturated rings. The molecule has 0 bridgehead atoms. The predicted octanol–water partition coefficient (Wildman–Crippen LogP) is 1.60. The monoisotopic (exact) mass is 283 g/mol. The van der Waals surface area contributed by atoms with Gasteiger partial charge in [0.25, 0.3) is 0 Å². The number of hydrogen-bond acceptors (Lipinski definition) is 5. The number of hydrogen-bond donors (Lipinski definition) is 1. The zero-order valence-electron chi connectivity index (χ0n) is 11.7. The summed E-state index contributed by atoms with van der Waals surface area (Å²) in [6.07, 6.45) is 2.73. The molecule has 0 aliphatic heterocycles. The number of ether oxygens (including phenoxy) is 2. The molecule has 0 atom stereocenters. The van der Waals surface area contributed by atoms with Crippen LogP contribution in [0.2, 0.25) is 0 Å². The Morgan fingerprint density at radius 1 is 1.42 bits per heavy atom. The summed E-state index contributed by atoms with van der Waals surface area (Å²) in [5, 5.41) is 0. The van der Waals surface area contributed by atoms with Crippen molar-refractivity contribution in [1.29, 1.82) is 0 Å². The van der Waals surface area contributed by atoms with Gasteiger partial charge in [-0.15, -0.1) is 0 Å². The largest absolute Gasteiger partial charge is 0.493 e. The Morgan fingerprint density at radius 3 is 2.68 bits per heavy atom. The van der Waals surface area contributed by atoms with E-state index >= 15 is 0 Å². The lowest BCUT2D eigenvalue weighted by atomic mass is 10.2. The van der Waals surface area contributed by atoms with Crippen LogP contribution in [-0.2, 0) is 6.54 Å². The van der Waals surface area contributed by atoms with Gasteiger partial charge in [0.1, 0.15) is 5.69 Å². The van der Waals surface area contributed by atoms with Gasteiger partial charge in [0.15, 0.2) is 11.5 Å². The number of pyridine rings is 1. The smallest absolute Gasteiger partial charge is 0.183 e. The van der Waals surface area contributed by atoms with Crippen LogP contribution in [0.3, 0.4) is 0 Å². The molecule has 0 aromatic carbocycles. The van der Waals surface area contributed by atoms with E-state index in [1.54, 1.807) is 26.5 Å². The third-order valence-electron chi connectivity index (χ3n) is 2.66. The van der Waals surface area contributed by atoms with Crippen molar-refractivity contribution in [3.8, 4) is 11.5 Å². The molecule has 6 heteroatoms. The first-order chi connectivity index (χ1) is 9.12. The molecule has 2 N–H and O–H groups in total. The average Bonchev–Trinajstić information content (AvgIpc) is 2.37. The fraction of sp³-hybridized carbons (Fsp3) is 0.538. The van der Waals surface area contributed by atoms with E-state index in [2.05, 4.69) is 16.8 Å². The van der Waals surface area contributed by atoms with E-state index in [0.29, 0.717) is 29.6 Å².